The van der Waals surface area contributed by atoms with Crippen LogP contribution in [0.5, 0.6) is 0 Å². The maximum absolute atomic E-state index is 13.1. The lowest BCUT2D eigenvalue weighted by molar-refractivity contribution is -0.304. The summed E-state index contributed by atoms with van der Waals surface area (Å²) in [6, 6.07) is -0.417. The van der Waals surface area contributed by atoms with Crippen molar-refractivity contribution in [2.75, 3.05) is 13.2 Å². The molecule has 37 heavy (non-hydrogen) atoms. The van der Waals surface area contributed by atoms with Crippen LogP contribution in [0.25, 0.3) is 0 Å². The third kappa shape index (κ3) is 9.43. The molecule has 0 aromatic carbocycles. The quantitative estimate of drug-likeness (QED) is 0.279. The van der Waals surface area contributed by atoms with Gasteiger partial charge in [0.25, 0.3) is 0 Å². The van der Waals surface area contributed by atoms with Crippen molar-refractivity contribution in [3.05, 3.63) is 0 Å². The molecule has 1 heterocycles. The standard InChI is InChI=1S/C28H51N3O6/c1-8-9-10-14-21(18(2)3)30-26(35)31-22-15-12-11-13-19(22)20(25(33)34)16-29-24(32)23-27(4,5)17-36-28(6,7)37-23/h18-23H,8-17H2,1-7H3,(H,29,32)(H,33,34)(H2,30,31,35). The highest BCUT2D eigenvalue weighted by molar-refractivity contribution is 5.82. The molecule has 214 valence electrons. The van der Waals surface area contributed by atoms with Gasteiger partial charge in [-0.3, -0.25) is 9.59 Å². The summed E-state index contributed by atoms with van der Waals surface area (Å²) < 4.78 is 11.6. The molecule has 3 amide bonds. The first kappa shape index (κ1) is 31.3. The summed E-state index contributed by atoms with van der Waals surface area (Å²) in [5, 5.41) is 19.2. The third-order valence-corrected chi connectivity index (χ3v) is 7.85. The predicted molar refractivity (Wildman–Crippen MR) is 143 cm³/mol. The maximum atomic E-state index is 13.1. The van der Waals surface area contributed by atoms with Crippen LogP contribution >= 0.6 is 0 Å². The Morgan fingerprint density at radius 1 is 1.05 bits per heavy atom. The first-order valence-electron chi connectivity index (χ1n) is 14.2. The second-order valence-corrected chi connectivity index (χ2v) is 12.4. The van der Waals surface area contributed by atoms with Crippen LogP contribution in [0.15, 0.2) is 0 Å². The highest BCUT2D eigenvalue weighted by Crippen LogP contribution is 2.35. The zero-order valence-electron chi connectivity index (χ0n) is 24.0. The number of aliphatic carboxylic acids is 1. The fourth-order valence-electron chi connectivity index (χ4n) is 5.43. The molecule has 1 aliphatic carbocycles. The van der Waals surface area contributed by atoms with E-state index in [0.717, 1.165) is 44.9 Å². The minimum absolute atomic E-state index is 0.0124. The van der Waals surface area contributed by atoms with Crippen LogP contribution in [0, 0.1) is 23.2 Å². The number of urea groups is 1. The van der Waals surface area contributed by atoms with E-state index in [0.29, 0.717) is 18.9 Å². The number of nitrogens with one attached hydrogen (secondary N) is 3. The van der Waals surface area contributed by atoms with E-state index >= 15 is 0 Å². The van der Waals surface area contributed by atoms with Gasteiger partial charge in [0.1, 0.15) is 6.10 Å². The number of carbonyl (C=O) groups is 3. The molecule has 9 heteroatoms. The van der Waals surface area contributed by atoms with Crippen molar-refractivity contribution in [3.8, 4) is 0 Å². The van der Waals surface area contributed by atoms with Gasteiger partial charge in [0.05, 0.1) is 12.5 Å². The predicted octanol–water partition coefficient (Wildman–Crippen LogP) is 4.44. The lowest BCUT2D eigenvalue weighted by Crippen LogP contribution is -2.58. The van der Waals surface area contributed by atoms with Crippen LogP contribution < -0.4 is 16.0 Å². The number of carbonyl (C=O) groups excluding carboxylic acids is 2. The number of carboxylic acid groups (broad SMARTS) is 1. The number of rotatable bonds is 12. The van der Waals surface area contributed by atoms with Crippen molar-refractivity contribution in [1.82, 2.24) is 16.0 Å². The smallest absolute Gasteiger partial charge is 0.315 e. The lowest BCUT2D eigenvalue weighted by atomic mass is 9.76. The normalized spacial score (nSPS) is 26.6. The Balaban J connectivity index is 2.03. The van der Waals surface area contributed by atoms with Gasteiger partial charge in [-0.25, -0.2) is 4.79 Å². The van der Waals surface area contributed by atoms with Crippen LogP contribution in [0.4, 0.5) is 4.79 Å². The summed E-state index contributed by atoms with van der Waals surface area (Å²) in [4.78, 5) is 38.4. The Morgan fingerprint density at radius 2 is 1.73 bits per heavy atom. The molecule has 5 unspecified atom stereocenters. The van der Waals surface area contributed by atoms with Crippen LogP contribution in [0.2, 0.25) is 0 Å². The molecule has 1 saturated heterocycles. The molecule has 2 rings (SSSR count). The minimum Gasteiger partial charge on any atom is -0.481 e. The molecule has 2 fully saturated rings. The van der Waals surface area contributed by atoms with Crippen LogP contribution in [-0.2, 0) is 19.1 Å². The molecule has 0 aromatic heterocycles. The van der Waals surface area contributed by atoms with E-state index in [1.165, 1.54) is 0 Å². The fourth-order valence-corrected chi connectivity index (χ4v) is 5.43. The Hall–Kier alpha value is -1.87. The van der Waals surface area contributed by atoms with E-state index in [1.54, 1.807) is 13.8 Å². The molecular weight excluding hydrogens is 474 g/mol. The van der Waals surface area contributed by atoms with Crippen molar-refractivity contribution < 1.29 is 29.0 Å². The number of carboxylic acids is 1. The molecule has 1 aliphatic heterocycles. The van der Waals surface area contributed by atoms with Crippen molar-refractivity contribution in [2.45, 2.75) is 124 Å². The Kier molecular flexibility index (Phi) is 11.7. The highest BCUT2D eigenvalue weighted by Gasteiger charge is 2.46. The SMILES string of the molecule is CCCCCC(NC(=O)NC1CCCCC1C(CNC(=O)C1OC(C)(C)OCC1(C)C)C(=O)O)C(C)C. The molecule has 1 saturated carbocycles. The van der Waals surface area contributed by atoms with Gasteiger partial charge in [-0.2, -0.15) is 0 Å². The molecule has 0 radical (unpaired) electrons. The summed E-state index contributed by atoms with van der Waals surface area (Å²) in [7, 11) is 0. The molecule has 9 nitrogen and oxygen atoms in total. The lowest BCUT2D eigenvalue weighted by Gasteiger charge is -2.45. The van der Waals surface area contributed by atoms with Gasteiger partial charge in [-0.1, -0.05) is 66.7 Å². The molecular formula is C28H51N3O6. The Bertz CT molecular complexity index is 769. The number of hydrogen-bond acceptors (Lipinski definition) is 5. The second-order valence-electron chi connectivity index (χ2n) is 12.4. The average Bonchev–Trinajstić information content (AvgIpc) is 2.81. The fraction of sp³-hybridized carbons (Fsp3) is 0.893. The molecule has 0 aromatic rings. The summed E-state index contributed by atoms with van der Waals surface area (Å²) in [5.74, 6) is -2.96. The molecule has 0 bridgehead atoms. The van der Waals surface area contributed by atoms with Crippen molar-refractivity contribution >= 4 is 17.9 Å². The van der Waals surface area contributed by atoms with Crippen LogP contribution in [0.3, 0.4) is 0 Å². The molecule has 0 spiro atoms. The third-order valence-electron chi connectivity index (χ3n) is 7.85. The van der Waals surface area contributed by atoms with E-state index in [1.807, 2.05) is 13.8 Å². The summed E-state index contributed by atoms with van der Waals surface area (Å²) in [6.45, 7) is 14.0. The number of hydrogen-bond donors (Lipinski definition) is 4. The number of unbranched alkanes of at least 4 members (excludes halogenated alkanes) is 2. The topological polar surface area (TPSA) is 126 Å². The zero-order valence-corrected chi connectivity index (χ0v) is 24.0. The van der Waals surface area contributed by atoms with Crippen molar-refractivity contribution in [1.29, 1.82) is 0 Å². The largest absolute Gasteiger partial charge is 0.481 e. The minimum atomic E-state index is -0.966. The zero-order chi connectivity index (χ0) is 27.8. The van der Waals surface area contributed by atoms with E-state index in [4.69, 9.17) is 9.47 Å². The average molecular weight is 526 g/mol. The van der Waals surface area contributed by atoms with E-state index in [9.17, 15) is 19.5 Å². The maximum Gasteiger partial charge on any atom is 0.315 e. The van der Waals surface area contributed by atoms with Gasteiger partial charge >= 0.3 is 12.0 Å². The van der Waals surface area contributed by atoms with Crippen molar-refractivity contribution in [2.24, 2.45) is 23.2 Å². The van der Waals surface area contributed by atoms with E-state index < -0.39 is 29.2 Å². The molecule has 5 atom stereocenters. The summed E-state index contributed by atoms with van der Waals surface area (Å²) >= 11 is 0. The van der Waals surface area contributed by atoms with Gasteiger partial charge in [-0.05, 0) is 44.9 Å². The van der Waals surface area contributed by atoms with Gasteiger partial charge in [0.15, 0.2) is 5.79 Å². The number of ether oxygens (including phenoxy) is 2. The monoisotopic (exact) mass is 525 g/mol. The second kappa shape index (κ2) is 13.8. The molecule has 2 aliphatic rings. The Labute approximate surface area is 223 Å². The summed E-state index contributed by atoms with van der Waals surface area (Å²) in [5.41, 5.74) is -0.546. The van der Waals surface area contributed by atoms with Crippen LogP contribution in [-0.4, -0.2) is 60.1 Å². The van der Waals surface area contributed by atoms with Crippen LogP contribution in [0.1, 0.15) is 99.8 Å². The van der Waals surface area contributed by atoms with Gasteiger partial charge < -0.3 is 30.5 Å². The number of amides is 3. The van der Waals surface area contributed by atoms with Gasteiger partial charge in [0.2, 0.25) is 5.91 Å². The van der Waals surface area contributed by atoms with E-state index in [-0.39, 0.29) is 36.5 Å². The first-order chi connectivity index (χ1) is 17.3. The molecule has 4 N–H and O–H groups in total. The highest BCUT2D eigenvalue weighted by atomic mass is 16.7. The van der Waals surface area contributed by atoms with E-state index in [2.05, 4.69) is 36.7 Å². The van der Waals surface area contributed by atoms with Gasteiger partial charge in [0, 0.05) is 24.0 Å². The summed E-state index contributed by atoms with van der Waals surface area (Å²) in [6.07, 6.45) is 6.76. The first-order valence-corrected chi connectivity index (χ1v) is 14.2. The van der Waals surface area contributed by atoms with Crippen molar-refractivity contribution in [3.63, 3.8) is 0 Å². The van der Waals surface area contributed by atoms with Gasteiger partial charge in [-0.15, -0.1) is 0 Å². The Morgan fingerprint density at radius 3 is 2.35 bits per heavy atom.